The minimum absolute atomic E-state index is 0.317. The quantitative estimate of drug-likeness (QED) is 0.372. The molecule has 0 spiro atoms. The lowest BCUT2D eigenvalue weighted by Gasteiger charge is -2.09. The topological polar surface area (TPSA) is 20.2 Å². The van der Waals surface area contributed by atoms with Crippen LogP contribution < -0.4 is 0 Å². The van der Waals surface area contributed by atoms with E-state index in [4.69, 9.17) is 0 Å². The third kappa shape index (κ3) is 12.0. The fourth-order valence-electron chi connectivity index (χ4n) is 2.05. The summed E-state index contributed by atoms with van der Waals surface area (Å²) in [7, 11) is 0. The lowest BCUT2D eigenvalue weighted by atomic mass is 10.00. The van der Waals surface area contributed by atoms with Crippen molar-refractivity contribution >= 4 is 0 Å². The van der Waals surface area contributed by atoms with E-state index in [1.54, 1.807) is 0 Å². The zero-order valence-electron chi connectivity index (χ0n) is 12.0. The number of hydrogen-bond acceptors (Lipinski definition) is 1. The second-order valence-electron chi connectivity index (χ2n) is 5.07. The fourth-order valence-corrected chi connectivity index (χ4v) is 2.05. The molecule has 1 heteroatoms. The van der Waals surface area contributed by atoms with Gasteiger partial charge >= 0.3 is 0 Å². The van der Waals surface area contributed by atoms with Gasteiger partial charge in [0, 0.05) is 6.61 Å². The summed E-state index contributed by atoms with van der Waals surface area (Å²) >= 11 is 0. The van der Waals surface area contributed by atoms with Crippen molar-refractivity contribution in [3.63, 3.8) is 0 Å². The first-order chi connectivity index (χ1) is 8.35. The predicted molar refractivity (Wildman–Crippen MR) is 77.2 cm³/mol. The Balaban J connectivity index is 3.43. The number of allylic oxidation sites excluding steroid dienone is 1. The van der Waals surface area contributed by atoms with E-state index >= 15 is 0 Å². The molecule has 17 heavy (non-hydrogen) atoms. The molecule has 0 aromatic rings. The first-order valence-corrected chi connectivity index (χ1v) is 7.62. The molecule has 0 rings (SSSR count). The van der Waals surface area contributed by atoms with Crippen molar-refractivity contribution in [3.8, 4) is 0 Å². The van der Waals surface area contributed by atoms with Gasteiger partial charge in [0.1, 0.15) is 0 Å². The van der Waals surface area contributed by atoms with Crippen molar-refractivity contribution < 1.29 is 5.11 Å². The highest BCUT2D eigenvalue weighted by Crippen LogP contribution is 2.13. The molecular weight excluding hydrogens is 208 g/mol. The largest absolute Gasteiger partial charge is 0.396 e. The third-order valence-electron chi connectivity index (χ3n) is 3.30. The molecule has 0 saturated carbocycles. The van der Waals surface area contributed by atoms with Crippen LogP contribution in [-0.2, 0) is 0 Å². The fraction of sp³-hybridized carbons (Fsp3) is 0.875. The monoisotopic (exact) mass is 240 g/mol. The van der Waals surface area contributed by atoms with Crippen LogP contribution in [0, 0.1) is 5.92 Å². The number of aliphatic hydroxyl groups is 1. The standard InChI is InChI=1S/C16H32O/c1-3-5-7-9-10-12-14-16(15-17)13-11-8-6-4-2/h11,13,16-17H,3-10,12,14-15H2,1-2H3. The predicted octanol–water partition coefficient (Wildman–Crippen LogP) is 5.09. The molecule has 0 saturated heterocycles. The second-order valence-corrected chi connectivity index (χ2v) is 5.07. The van der Waals surface area contributed by atoms with Crippen molar-refractivity contribution in [2.75, 3.05) is 6.61 Å². The van der Waals surface area contributed by atoms with E-state index in [9.17, 15) is 5.11 Å². The van der Waals surface area contributed by atoms with Crippen LogP contribution in [0.15, 0.2) is 12.2 Å². The van der Waals surface area contributed by atoms with E-state index in [1.165, 1.54) is 57.8 Å². The summed E-state index contributed by atoms with van der Waals surface area (Å²) in [6.45, 7) is 4.79. The molecule has 1 atom stereocenters. The minimum Gasteiger partial charge on any atom is -0.396 e. The Labute approximate surface area is 108 Å². The molecule has 1 unspecified atom stereocenters. The lowest BCUT2D eigenvalue weighted by molar-refractivity contribution is 0.243. The summed E-state index contributed by atoms with van der Waals surface area (Å²) in [5.74, 6) is 0.401. The Bertz CT molecular complexity index is 163. The Morgan fingerprint density at radius 3 is 2.18 bits per heavy atom. The maximum absolute atomic E-state index is 9.27. The van der Waals surface area contributed by atoms with Crippen molar-refractivity contribution in [1.82, 2.24) is 0 Å². The van der Waals surface area contributed by atoms with Gasteiger partial charge in [-0.25, -0.2) is 0 Å². The van der Waals surface area contributed by atoms with Gasteiger partial charge in [0.2, 0.25) is 0 Å². The number of unbranched alkanes of at least 4 members (excludes halogenated alkanes) is 7. The summed E-state index contributed by atoms with van der Waals surface area (Å²) in [6.07, 6.45) is 17.4. The van der Waals surface area contributed by atoms with E-state index in [1.807, 2.05) is 0 Å². The van der Waals surface area contributed by atoms with E-state index in [0.717, 1.165) is 6.42 Å². The van der Waals surface area contributed by atoms with Gasteiger partial charge in [-0.1, -0.05) is 77.4 Å². The number of aliphatic hydroxyl groups excluding tert-OH is 1. The molecule has 0 aliphatic carbocycles. The van der Waals surface area contributed by atoms with Crippen LogP contribution >= 0.6 is 0 Å². The zero-order chi connectivity index (χ0) is 12.8. The van der Waals surface area contributed by atoms with Gasteiger partial charge in [0.25, 0.3) is 0 Å². The van der Waals surface area contributed by atoms with Crippen LogP contribution in [0.25, 0.3) is 0 Å². The maximum Gasteiger partial charge on any atom is 0.0493 e. The van der Waals surface area contributed by atoms with Crippen LogP contribution in [0.3, 0.4) is 0 Å². The first kappa shape index (κ1) is 16.7. The van der Waals surface area contributed by atoms with E-state index in [0.29, 0.717) is 12.5 Å². The minimum atomic E-state index is 0.317. The molecule has 1 N–H and O–H groups in total. The van der Waals surface area contributed by atoms with Crippen LogP contribution in [0.4, 0.5) is 0 Å². The Morgan fingerprint density at radius 1 is 0.882 bits per heavy atom. The number of rotatable bonds is 12. The Hall–Kier alpha value is -0.300. The molecule has 1 nitrogen and oxygen atoms in total. The van der Waals surface area contributed by atoms with E-state index in [2.05, 4.69) is 26.0 Å². The first-order valence-electron chi connectivity index (χ1n) is 7.62. The highest BCUT2D eigenvalue weighted by atomic mass is 16.3. The molecule has 102 valence electrons. The van der Waals surface area contributed by atoms with Crippen LogP contribution in [0.5, 0.6) is 0 Å². The van der Waals surface area contributed by atoms with E-state index < -0.39 is 0 Å². The van der Waals surface area contributed by atoms with Gasteiger partial charge in [-0.15, -0.1) is 0 Å². The van der Waals surface area contributed by atoms with Crippen LogP contribution in [0.1, 0.15) is 78.1 Å². The molecule has 0 aromatic carbocycles. The van der Waals surface area contributed by atoms with Crippen molar-refractivity contribution in [2.45, 2.75) is 78.1 Å². The Morgan fingerprint density at radius 2 is 1.53 bits per heavy atom. The molecule has 0 heterocycles. The summed E-state index contributed by atoms with van der Waals surface area (Å²) in [5.41, 5.74) is 0. The smallest absolute Gasteiger partial charge is 0.0493 e. The molecule has 0 aliphatic heterocycles. The van der Waals surface area contributed by atoms with Crippen molar-refractivity contribution in [3.05, 3.63) is 12.2 Å². The van der Waals surface area contributed by atoms with Gasteiger partial charge < -0.3 is 5.11 Å². The summed E-state index contributed by atoms with van der Waals surface area (Å²) in [5, 5.41) is 9.27. The van der Waals surface area contributed by atoms with Gasteiger partial charge in [-0.05, 0) is 18.8 Å². The normalized spacial score (nSPS) is 13.4. The van der Waals surface area contributed by atoms with Crippen LogP contribution in [-0.4, -0.2) is 11.7 Å². The molecule has 0 radical (unpaired) electrons. The average Bonchev–Trinajstić information content (AvgIpc) is 2.36. The molecule has 0 fully saturated rings. The van der Waals surface area contributed by atoms with Gasteiger partial charge in [0.15, 0.2) is 0 Å². The summed E-state index contributed by atoms with van der Waals surface area (Å²) in [4.78, 5) is 0. The van der Waals surface area contributed by atoms with Crippen molar-refractivity contribution in [1.29, 1.82) is 0 Å². The lowest BCUT2D eigenvalue weighted by Crippen LogP contribution is -2.02. The van der Waals surface area contributed by atoms with Gasteiger partial charge in [-0.3, -0.25) is 0 Å². The summed E-state index contributed by atoms with van der Waals surface area (Å²) < 4.78 is 0. The number of hydrogen-bond donors (Lipinski definition) is 1. The molecule has 0 aliphatic rings. The molecule has 0 aromatic heterocycles. The highest BCUT2D eigenvalue weighted by molar-refractivity contribution is 4.88. The van der Waals surface area contributed by atoms with Crippen molar-refractivity contribution in [2.24, 2.45) is 5.92 Å². The highest BCUT2D eigenvalue weighted by Gasteiger charge is 2.02. The van der Waals surface area contributed by atoms with E-state index in [-0.39, 0.29) is 0 Å². The summed E-state index contributed by atoms with van der Waals surface area (Å²) in [6, 6.07) is 0. The average molecular weight is 240 g/mol. The van der Waals surface area contributed by atoms with Gasteiger partial charge in [0.05, 0.1) is 0 Å². The molecule has 0 amide bonds. The van der Waals surface area contributed by atoms with Gasteiger partial charge in [-0.2, -0.15) is 0 Å². The third-order valence-corrected chi connectivity index (χ3v) is 3.30. The molecule has 0 bridgehead atoms. The Kier molecular flexibility index (Phi) is 13.5. The maximum atomic E-state index is 9.27. The second kappa shape index (κ2) is 13.8. The molecular formula is C16H32O. The SMILES string of the molecule is CCCCC=CC(CO)CCCCCCCC. The van der Waals surface area contributed by atoms with Crippen LogP contribution in [0.2, 0.25) is 0 Å². The zero-order valence-corrected chi connectivity index (χ0v) is 12.0.